The van der Waals surface area contributed by atoms with Crippen molar-refractivity contribution in [3.05, 3.63) is 30.1 Å². The van der Waals surface area contributed by atoms with Gasteiger partial charge in [0.2, 0.25) is 5.91 Å². The summed E-state index contributed by atoms with van der Waals surface area (Å²) < 4.78 is 0. The van der Waals surface area contributed by atoms with E-state index in [0.717, 1.165) is 24.2 Å². The second kappa shape index (κ2) is 7.96. The Balaban J connectivity index is 1.62. The van der Waals surface area contributed by atoms with Crippen molar-refractivity contribution in [3.8, 4) is 6.07 Å². The van der Waals surface area contributed by atoms with Gasteiger partial charge in [0.25, 0.3) is 0 Å². The topological polar surface area (TPSA) is 102 Å². The number of rotatable bonds is 5. The number of hydrogen-bond acceptors (Lipinski definition) is 6. The number of amides is 1. The maximum Gasteiger partial charge on any atom is 0.249 e. The zero-order valence-corrected chi connectivity index (χ0v) is 16.9. The third-order valence-corrected chi connectivity index (χ3v) is 6.08. The fourth-order valence-electron chi connectivity index (χ4n) is 4.33. The Morgan fingerprint density at radius 1 is 1.21 bits per heavy atom. The van der Waals surface area contributed by atoms with E-state index in [1.807, 2.05) is 19.9 Å². The summed E-state index contributed by atoms with van der Waals surface area (Å²) in [6, 6.07) is 5.89. The number of piperidine rings is 1. The zero-order valence-electron chi connectivity index (χ0n) is 16.9. The lowest BCUT2D eigenvalue weighted by Gasteiger charge is -2.40. The van der Waals surface area contributed by atoms with Crippen molar-refractivity contribution in [2.45, 2.75) is 45.3 Å². The Bertz CT molecular complexity index is 950. The van der Waals surface area contributed by atoms with Crippen LogP contribution in [-0.4, -0.2) is 46.2 Å². The second-order valence-electron chi connectivity index (χ2n) is 8.63. The van der Waals surface area contributed by atoms with Crippen LogP contribution in [0.15, 0.2) is 24.5 Å². The molecule has 1 amide bonds. The monoisotopic (exact) mass is 393 g/mol. The molecule has 1 aliphatic carbocycles. The summed E-state index contributed by atoms with van der Waals surface area (Å²) in [5, 5.41) is 22.6. The first-order valence-electron chi connectivity index (χ1n) is 10.3. The molecule has 2 N–H and O–H groups in total. The average Bonchev–Trinajstić information content (AvgIpc) is 3.57. The number of carbonyl (C=O) groups excluding carboxylic acids is 1. The molecule has 1 aromatic heterocycles. The molecule has 0 bridgehead atoms. The molecule has 152 valence electrons. The fourth-order valence-corrected chi connectivity index (χ4v) is 4.33. The highest BCUT2D eigenvalue weighted by atomic mass is 16.3. The van der Waals surface area contributed by atoms with E-state index in [1.54, 1.807) is 18.5 Å². The summed E-state index contributed by atoms with van der Waals surface area (Å²) >= 11 is 0. The van der Waals surface area contributed by atoms with E-state index >= 15 is 0 Å². The molecule has 2 heterocycles. The molecule has 4 rings (SSSR count). The normalized spacial score (nSPS) is 23.1. The van der Waals surface area contributed by atoms with Gasteiger partial charge in [0.15, 0.2) is 0 Å². The van der Waals surface area contributed by atoms with Crippen molar-refractivity contribution in [1.82, 2.24) is 15.3 Å². The minimum Gasteiger partial charge on any atom is -0.383 e. The van der Waals surface area contributed by atoms with Gasteiger partial charge in [0.05, 0.1) is 11.3 Å². The molecule has 2 fully saturated rings. The molecule has 1 aliphatic heterocycles. The van der Waals surface area contributed by atoms with Crippen LogP contribution in [0.5, 0.6) is 0 Å². The van der Waals surface area contributed by atoms with Crippen LogP contribution in [0.25, 0.3) is 11.0 Å². The molecule has 0 spiro atoms. The molecule has 1 saturated carbocycles. The van der Waals surface area contributed by atoms with Crippen LogP contribution in [0.2, 0.25) is 0 Å². The Morgan fingerprint density at radius 3 is 2.59 bits per heavy atom. The first-order chi connectivity index (χ1) is 14.0. The van der Waals surface area contributed by atoms with Crippen LogP contribution < -0.4 is 10.2 Å². The minimum absolute atomic E-state index is 0.0300. The number of nitrogens with one attached hydrogen (secondary N) is 1. The molecule has 7 nitrogen and oxygen atoms in total. The molecule has 0 radical (unpaired) electrons. The van der Waals surface area contributed by atoms with Gasteiger partial charge in [-0.25, -0.2) is 0 Å². The van der Waals surface area contributed by atoms with Gasteiger partial charge >= 0.3 is 0 Å². The Morgan fingerprint density at radius 2 is 1.93 bits per heavy atom. The third kappa shape index (κ3) is 4.03. The number of hydrogen-bond donors (Lipinski definition) is 2. The third-order valence-electron chi connectivity index (χ3n) is 6.08. The van der Waals surface area contributed by atoms with Crippen LogP contribution in [0.3, 0.4) is 0 Å². The van der Waals surface area contributed by atoms with Gasteiger partial charge in [-0.2, -0.15) is 5.26 Å². The molecule has 3 atom stereocenters. The summed E-state index contributed by atoms with van der Waals surface area (Å²) in [5.41, 5.74) is 2.78. The molecular weight excluding hydrogens is 366 g/mol. The Hall–Kier alpha value is -2.72. The van der Waals surface area contributed by atoms with E-state index in [2.05, 4.69) is 26.3 Å². The predicted octanol–water partition coefficient (Wildman–Crippen LogP) is 2.24. The largest absolute Gasteiger partial charge is 0.383 e. The fraction of sp³-hybridized carbons (Fsp3) is 0.545. The highest BCUT2D eigenvalue weighted by molar-refractivity contribution is 5.92. The first-order valence-corrected chi connectivity index (χ1v) is 10.3. The van der Waals surface area contributed by atoms with Crippen molar-refractivity contribution >= 4 is 22.6 Å². The lowest BCUT2D eigenvalue weighted by atomic mass is 9.89. The number of benzene rings is 1. The molecule has 0 unspecified atom stereocenters. The van der Waals surface area contributed by atoms with Crippen LogP contribution in [0, 0.1) is 29.1 Å². The van der Waals surface area contributed by atoms with Crippen LogP contribution in [0.1, 0.15) is 38.7 Å². The van der Waals surface area contributed by atoms with E-state index in [0.29, 0.717) is 29.5 Å². The Labute approximate surface area is 170 Å². The molecule has 1 saturated heterocycles. The van der Waals surface area contributed by atoms with Crippen LogP contribution in [-0.2, 0) is 4.79 Å². The van der Waals surface area contributed by atoms with Gasteiger partial charge in [-0.15, -0.1) is 0 Å². The standard InChI is InChI=1S/C22H27N5O2/c1-13(2)21(28)22(29)26-17-9-16(14-3-4-14)11-27(12-17)18-6-5-15(10-23)19-20(18)25-8-7-24-19/h5-8,13-14,16-17,21,28H,3-4,9,11-12H2,1-2H3,(H,26,29)/t16-,17+,21+/m1/s1. The summed E-state index contributed by atoms with van der Waals surface area (Å²) in [6.45, 7) is 5.23. The minimum atomic E-state index is -0.994. The summed E-state index contributed by atoms with van der Waals surface area (Å²) in [6.07, 6.45) is 5.66. The van der Waals surface area contributed by atoms with E-state index in [1.165, 1.54) is 12.8 Å². The maximum absolute atomic E-state index is 12.4. The summed E-state index contributed by atoms with van der Waals surface area (Å²) in [5.74, 6) is 0.771. The van der Waals surface area contributed by atoms with Gasteiger partial charge in [-0.05, 0) is 49.1 Å². The van der Waals surface area contributed by atoms with Crippen molar-refractivity contribution in [2.75, 3.05) is 18.0 Å². The second-order valence-corrected chi connectivity index (χ2v) is 8.63. The van der Waals surface area contributed by atoms with Crippen LogP contribution >= 0.6 is 0 Å². The molecule has 2 aromatic rings. The van der Waals surface area contributed by atoms with Crippen molar-refractivity contribution in [2.24, 2.45) is 17.8 Å². The SMILES string of the molecule is CC(C)[C@H](O)C(=O)N[C@H]1C[C@@H](C2CC2)CN(c2ccc(C#N)c3nccnc23)C1. The summed E-state index contributed by atoms with van der Waals surface area (Å²) in [7, 11) is 0. The van der Waals surface area contributed by atoms with E-state index < -0.39 is 6.10 Å². The van der Waals surface area contributed by atoms with E-state index in [4.69, 9.17) is 0 Å². The molecule has 2 aliphatic rings. The number of aromatic nitrogens is 2. The first kappa shape index (κ1) is 19.6. The van der Waals surface area contributed by atoms with Gasteiger partial charge in [-0.1, -0.05) is 13.8 Å². The van der Waals surface area contributed by atoms with Gasteiger partial charge in [0.1, 0.15) is 23.2 Å². The van der Waals surface area contributed by atoms with Gasteiger partial charge in [-0.3, -0.25) is 14.8 Å². The molecular formula is C22H27N5O2. The maximum atomic E-state index is 12.4. The molecule has 7 heteroatoms. The lowest BCUT2D eigenvalue weighted by Crippen LogP contribution is -2.53. The van der Waals surface area contributed by atoms with E-state index in [-0.39, 0.29) is 17.9 Å². The molecule has 1 aromatic carbocycles. The number of fused-ring (bicyclic) bond motifs is 1. The smallest absolute Gasteiger partial charge is 0.249 e. The Kier molecular flexibility index (Phi) is 5.37. The van der Waals surface area contributed by atoms with Gasteiger partial charge < -0.3 is 15.3 Å². The zero-order chi connectivity index (χ0) is 20.5. The number of carbonyl (C=O) groups is 1. The quantitative estimate of drug-likeness (QED) is 0.808. The number of nitriles is 1. The summed E-state index contributed by atoms with van der Waals surface area (Å²) in [4.78, 5) is 23.6. The predicted molar refractivity (Wildman–Crippen MR) is 110 cm³/mol. The highest BCUT2D eigenvalue weighted by Crippen LogP contribution is 2.42. The van der Waals surface area contributed by atoms with Crippen molar-refractivity contribution in [3.63, 3.8) is 0 Å². The van der Waals surface area contributed by atoms with Crippen molar-refractivity contribution in [1.29, 1.82) is 5.26 Å². The average molecular weight is 393 g/mol. The number of aliphatic hydroxyl groups excluding tert-OH is 1. The van der Waals surface area contributed by atoms with Crippen LogP contribution in [0.4, 0.5) is 5.69 Å². The van der Waals surface area contributed by atoms with Gasteiger partial charge in [0, 0.05) is 31.5 Å². The highest BCUT2D eigenvalue weighted by Gasteiger charge is 2.39. The number of anilines is 1. The number of aliphatic hydroxyl groups is 1. The lowest BCUT2D eigenvalue weighted by molar-refractivity contribution is -0.132. The van der Waals surface area contributed by atoms with E-state index in [9.17, 15) is 15.2 Å². The molecule has 29 heavy (non-hydrogen) atoms. The van der Waals surface area contributed by atoms with Crippen molar-refractivity contribution < 1.29 is 9.90 Å². The number of nitrogens with zero attached hydrogens (tertiary/aromatic N) is 4.